The number of hydrogen-bond donors (Lipinski definition) is 1. The molecule has 1 aromatic carbocycles. The SMILES string of the molecule is CCC(F)(F)c1ccc(C=N)cc1. The number of nitrogens with one attached hydrogen (secondary N) is 1. The molecule has 0 bridgehead atoms. The van der Waals surface area contributed by atoms with E-state index in [1.807, 2.05) is 0 Å². The average Bonchev–Trinajstić information content (AvgIpc) is 2.18. The predicted octanol–water partition coefficient (Wildman–Crippen LogP) is 3.19. The van der Waals surface area contributed by atoms with Gasteiger partial charge in [0.15, 0.2) is 0 Å². The molecule has 1 nitrogen and oxygen atoms in total. The zero-order chi connectivity index (χ0) is 9.90. The highest BCUT2D eigenvalue weighted by molar-refractivity contribution is 5.76. The molecule has 1 N–H and O–H groups in total. The molecule has 0 aliphatic carbocycles. The van der Waals surface area contributed by atoms with Crippen molar-refractivity contribution in [3.63, 3.8) is 0 Å². The van der Waals surface area contributed by atoms with Crippen molar-refractivity contribution in [2.45, 2.75) is 19.3 Å². The van der Waals surface area contributed by atoms with Crippen LogP contribution in [0.5, 0.6) is 0 Å². The Labute approximate surface area is 75.9 Å². The van der Waals surface area contributed by atoms with Gasteiger partial charge in [0.05, 0.1) is 0 Å². The number of alkyl halides is 2. The molecular formula is C10H11F2N. The number of benzene rings is 1. The quantitative estimate of drug-likeness (QED) is 0.696. The van der Waals surface area contributed by atoms with Gasteiger partial charge in [-0.1, -0.05) is 31.2 Å². The predicted molar refractivity (Wildman–Crippen MR) is 48.5 cm³/mol. The molecule has 0 heterocycles. The summed E-state index contributed by atoms with van der Waals surface area (Å²) in [6.45, 7) is 1.45. The summed E-state index contributed by atoms with van der Waals surface area (Å²) in [4.78, 5) is 0. The lowest BCUT2D eigenvalue weighted by atomic mass is 10.0. The third-order valence-corrected chi connectivity index (χ3v) is 1.94. The molecule has 0 unspecified atom stereocenters. The molecule has 0 aliphatic rings. The molecule has 0 aliphatic heterocycles. The van der Waals surface area contributed by atoms with Crippen LogP contribution in [0.2, 0.25) is 0 Å². The zero-order valence-electron chi connectivity index (χ0n) is 7.35. The minimum Gasteiger partial charge on any atom is -0.308 e. The van der Waals surface area contributed by atoms with Crippen LogP contribution < -0.4 is 0 Å². The van der Waals surface area contributed by atoms with Crippen LogP contribution in [0, 0.1) is 5.41 Å². The maximum absolute atomic E-state index is 13.1. The van der Waals surface area contributed by atoms with Crippen molar-refractivity contribution in [2.75, 3.05) is 0 Å². The van der Waals surface area contributed by atoms with Crippen molar-refractivity contribution < 1.29 is 8.78 Å². The highest BCUT2D eigenvalue weighted by Crippen LogP contribution is 2.30. The van der Waals surface area contributed by atoms with E-state index in [1.165, 1.54) is 31.2 Å². The van der Waals surface area contributed by atoms with Gasteiger partial charge in [0.2, 0.25) is 0 Å². The van der Waals surface area contributed by atoms with Crippen LogP contribution in [0.25, 0.3) is 0 Å². The van der Waals surface area contributed by atoms with Gasteiger partial charge >= 0.3 is 0 Å². The lowest BCUT2D eigenvalue weighted by Crippen LogP contribution is -2.11. The highest BCUT2D eigenvalue weighted by Gasteiger charge is 2.28. The molecule has 70 valence electrons. The van der Waals surface area contributed by atoms with Crippen molar-refractivity contribution in [1.29, 1.82) is 5.41 Å². The van der Waals surface area contributed by atoms with Crippen LogP contribution in [-0.2, 0) is 5.92 Å². The van der Waals surface area contributed by atoms with Gasteiger partial charge in [0.1, 0.15) is 0 Å². The fourth-order valence-electron chi connectivity index (χ4n) is 1.03. The van der Waals surface area contributed by atoms with E-state index in [-0.39, 0.29) is 12.0 Å². The van der Waals surface area contributed by atoms with Gasteiger partial charge in [-0.3, -0.25) is 0 Å². The topological polar surface area (TPSA) is 23.9 Å². The van der Waals surface area contributed by atoms with E-state index in [1.54, 1.807) is 0 Å². The lowest BCUT2D eigenvalue weighted by Gasteiger charge is -2.13. The average molecular weight is 183 g/mol. The first-order valence-corrected chi connectivity index (χ1v) is 4.09. The molecule has 0 spiro atoms. The molecular weight excluding hydrogens is 172 g/mol. The summed E-state index contributed by atoms with van der Waals surface area (Å²) >= 11 is 0. The fourth-order valence-corrected chi connectivity index (χ4v) is 1.03. The molecule has 1 aromatic rings. The summed E-state index contributed by atoms with van der Waals surface area (Å²) in [5.41, 5.74) is 0.649. The third kappa shape index (κ3) is 2.11. The largest absolute Gasteiger partial charge is 0.308 e. The van der Waals surface area contributed by atoms with Crippen molar-refractivity contribution in [1.82, 2.24) is 0 Å². The standard InChI is InChI=1S/C10H11F2N/c1-2-10(11,12)9-5-3-8(7-13)4-6-9/h3-7,13H,2H2,1H3. The summed E-state index contributed by atoms with van der Waals surface area (Å²) in [6, 6.07) is 5.77. The number of rotatable bonds is 3. The molecule has 1 rings (SSSR count). The van der Waals surface area contributed by atoms with E-state index in [0.29, 0.717) is 5.56 Å². The normalized spacial score (nSPS) is 11.3. The summed E-state index contributed by atoms with van der Waals surface area (Å²) in [5, 5.41) is 6.90. The van der Waals surface area contributed by atoms with Crippen LogP contribution >= 0.6 is 0 Å². The van der Waals surface area contributed by atoms with Gasteiger partial charge in [-0.15, -0.1) is 0 Å². The molecule has 0 aromatic heterocycles. The van der Waals surface area contributed by atoms with E-state index >= 15 is 0 Å². The Bertz CT molecular complexity index is 290. The Balaban J connectivity index is 2.98. The summed E-state index contributed by atoms with van der Waals surface area (Å²) in [6.07, 6.45) is 0.935. The van der Waals surface area contributed by atoms with Crippen molar-refractivity contribution >= 4 is 6.21 Å². The molecule has 0 atom stereocenters. The Morgan fingerprint density at radius 3 is 2.23 bits per heavy atom. The van der Waals surface area contributed by atoms with Gasteiger partial charge in [-0.25, -0.2) is 8.78 Å². The van der Waals surface area contributed by atoms with E-state index in [2.05, 4.69) is 0 Å². The lowest BCUT2D eigenvalue weighted by molar-refractivity contribution is -0.00828. The van der Waals surface area contributed by atoms with E-state index in [0.717, 1.165) is 6.21 Å². The van der Waals surface area contributed by atoms with Crippen molar-refractivity contribution in [3.05, 3.63) is 35.4 Å². The van der Waals surface area contributed by atoms with Crippen LogP contribution in [0.15, 0.2) is 24.3 Å². The first kappa shape index (κ1) is 9.84. The summed E-state index contributed by atoms with van der Waals surface area (Å²) in [7, 11) is 0. The Kier molecular flexibility index (Phi) is 2.76. The Hall–Kier alpha value is -1.25. The van der Waals surface area contributed by atoms with Gasteiger partial charge in [-0.05, 0) is 5.56 Å². The first-order chi connectivity index (χ1) is 6.10. The second-order valence-electron chi connectivity index (χ2n) is 2.82. The monoisotopic (exact) mass is 183 g/mol. The van der Waals surface area contributed by atoms with Crippen molar-refractivity contribution in [2.24, 2.45) is 0 Å². The van der Waals surface area contributed by atoms with Crippen LogP contribution in [0.1, 0.15) is 24.5 Å². The molecule has 3 heteroatoms. The van der Waals surface area contributed by atoms with Gasteiger partial charge < -0.3 is 5.41 Å². The van der Waals surface area contributed by atoms with E-state index in [4.69, 9.17) is 5.41 Å². The van der Waals surface area contributed by atoms with Gasteiger partial charge in [0, 0.05) is 18.2 Å². The van der Waals surface area contributed by atoms with Gasteiger partial charge in [-0.2, -0.15) is 0 Å². The number of hydrogen-bond acceptors (Lipinski definition) is 1. The first-order valence-electron chi connectivity index (χ1n) is 4.09. The molecule has 0 saturated heterocycles. The van der Waals surface area contributed by atoms with Crippen LogP contribution in [0.3, 0.4) is 0 Å². The Morgan fingerprint density at radius 2 is 1.85 bits per heavy atom. The van der Waals surface area contributed by atoms with Crippen LogP contribution in [0.4, 0.5) is 8.78 Å². The second-order valence-corrected chi connectivity index (χ2v) is 2.82. The molecule has 0 amide bonds. The maximum Gasteiger partial charge on any atom is 0.273 e. The molecule has 0 saturated carbocycles. The molecule has 13 heavy (non-hydrogen) atoms. The van der Waals surface area contributed by atoms with Crippen molar-refractivity contribution in [3.8, 4) is 0 Å². The van der Waals surface area contributed by atoms with Crippen LogP contribution in [-0.4, -0.2) is 6.21 Å². The Morgan fingerprint density at radius 1 is 1.31 bits per heavy atom. The third-order valence-electron chi connectivity index (χ3n) is 1.94. The number of halogens is 2. The minimum atomic E-state index is -2.75. The molecule has 0 radical (unpaired) electrons. The highest BCUT2D eigenvalue weighted by atomic mass is 19.3. The summed E-state index contributed by atoms with van der Waals surface area (Å²) < 4.78 is 26.1. The summed E-state index contributed by atoms with van der Waals surface area (Å²) in [5.74, 6) is -2.75. The zero-order valence-corrected chi connectivity index (χ0v) is 7.35. The minimum absolute atomic E-state index is 0.0144. The maximum atomic E-state index is 13.1. The molecule has 0 fully saturated rings. The van der Waals surface area contributed by atoms with E-state index in [9.17, 15) is 8.78 Å². The second kappa shape index (κ2) is 3.64. The smallest absolute Gasteiger partial charge is 0.273 e. The van der Waals surface area contributed by atoms with Gasteiger partial charge in [0.25, 0.3) is 5.92 Å². The van der Waals surface area contributed by atoms with E-state index < -0.39 is 5.92 Å². The fraction of sp³-hybridized carbons (Fsp3) is 0.300.